The number of carbonyl (C=O) groups excluding carboxylic acids is 3. The van der Waals surface area contributed by atoms with Crippen LogP contribution in [-0.4, -0.2) is 66.5 Å². The smallest absolute Gasteiger partial charge is 0.410 e. The highest BCUT2D eigenvalue weighted by molar-refractivity contribution is 6.30. The Morgan fingerprint density at radius 3 is 2.02 bits per heavy atom. The fourth-order valence-corrected chi connectivity index (χ4v) is 7.30. The standard InChI is InChI=1S/C22H31ClN2O2.C10H12.C6H11NO2/c1-22(18-5-3-2-4-6-18)11-13-25(14-12-22)21(27)20(24-16-26)15-17-7-9-19(23)10-8-17;1-2-6-10-8-4-3-7-9(10)5-1;1-6(2)4-9-5(8)7(6)3/h7-10,16,18,20H,2-6,11-15H2,1H3,(H,24,26);1-2,5-6H,3-4,7-8H2;4H2,1-3H3. The van der Waals surface area contributed by atoms with E-state index in [0.29, 0.717) is 29.9 Å². The van der Waals surface area contributed by atoms with E-state index >= 15 is 0 Å². The molecule has 3 amide bonds. The molecule has 2 aliphatic carbocycles. The molecule has 6 rings (SSSR count). The molecule has 0 spiro atoms. The number of rotatable bonds is 6. The van der Waals surface area contributed by atoms with Gasteiger partial charge in [0.05, 0.1) is 5.54 Å². The Morgan fingerprint density at radius 1 is 0.957 bits per heavy atom. The van der Waals surface area contributed by atoms with Gasteiger partial charge in [0.1, 0.15) is 12.6 Å². The third-order valence-electron chi connectivity index (χ3n) is 10.7. The van der Waals surface area contributed by atoms with E-state index in [0.717, 1.165) is 37.4 Å². The second-order valence-electron chi connectivity index (χ2n) is 14.4. The van der Waals surface area contributed by atoms with Crippen LogP contribution in [0.5, 0.6) is 0 Å². The summed E-state index contributed by atoms with van der Waals surface area (Å²) in [5.74, 6) is 0.837. The summed E-state index contributed by atoms with van der Waals surface area (Å²) in [6, 6.07) is 15.7. The summed E-state index contributed by atoms with van der Waals surface area (Å²) in [7, 11) is 1.75. The van der Waals surface area contributed by atoms with Crippen molar-refractivity contribution in [3.8, 4) is 0 Å². The zero-order chi connectivity index (χ0) is 33.2. The van der Waals surface area contributed by atoms with Crippen LogP contribution in [0.2, 0.25) is 5.02 Å². The summed E-state index contributed by atoms with van der Waals surface area (Å²) < 4.78 is 4.77. The Balaban J connectivity index is 0.000000203. The van der Waals surface area contributed by atoms with Gasteiger partial charge < -0.3 is 19.9 Å². The van der Waals surface area contributed by atoms with Crippen molar-refractivity contribution in [1.82, 2.24) is 15.1 Å². The molecular formula is C38H54ClN3O4. The number of hydrogen-bond donors (Lipinski definition) is 1. The highest BCUT2D eigenvalue weighted by atomic mass is 35.5. The first kappa shape index (κ1) is 35.8. The highest BCUT2D eigenvalue weighted by Crippen LogP contribution is 2.45. The molecule has 252 valence electrons. The van der Waals surface area contributed by atoms with Gasteiger partial charge >= 0.3 is 6.09 Å². The number of aryl methyl sites for hydroxylation is 2. The molecule has 1 unspecified atom stereocenters. The van der Waals surface area contributed by atoms with Gasteiger partial charge in [-0.1, -0.05) is 74.2 Å². The van der Waals surface area contributed by atoms with E-state index in [1.54, 1.807) is 23.1 Å². The van der Waals surface area contributed by atoms with E-state index in [9.17, 15) is 14.4 Å². The predicted octanol–water partition coefficient (Wildman–Crippen LogP) is 7.62. The summed E-state index contributed by atoms with van der Waals surface area (Å²) in [5.41, 5.74) is 4.40. The molecule has 8 heteroatoms. The van der Waals surface area contributed by atoms with Crippen molar-refractivity contribution in [3.05, 3.63) is 70.2 Å². The van der Waals surface area contributed by atoms with Crippen LogP contribution in [0.4, 0.5) is 4.79 Å². The van der Waals surface area contributed by atoms with Crippen LogP contribution in [0, 0.1) is 11.3 Å². The molecule has 2 aromatic rings. The van der Waals surface area contributed by atoms with Crippen LogP contribution in [0.15, 0.2) is 48.5 Å². The third kappa shape index (κ3) is 9.73. The minimum Gasteiger partial charge on any atom is -0.447 e. The lowest BCUT2D eigenvalue weighted by atomic mass is 9.65. The van der Waals surface area contributed by atoms with E-state index in [1.165, 1.54) is 57.8 Å². The zero-order valence-corrected chi connectivity index (χ0v) is 29.1. The molecule has 0 radical (unpaired) electrons. The Bertz CT molecular complexity index is 1260. The molecule has 1 saturated carbocycles. The molecule has 0 bridgehead atoms. The fraction of sp³-hybridized carbons (Fsp3) is 0.605. The second-order valence-corrected chi connectivity index (χ2v) is 14.8. The first-order chi connectivity index (χ1) is 22.0. The Morgan fingerprint density at radius 2 is 1.54 bits per heavy atom. The number of halogens is 1. The number of fused-ring (bicyclic) bond motifs is 1. The van der Waals surface area contributed by atoms with Gasteiger partial charge in [-0.3, -0.25) is 9.59 Å². The van der Waals surface area contributed by atoms with Crippen molar-refractivity contribution >= 4 is 30.0 Å². The van der Waals surface area contributed by atoms with Crippen LogP contribution in [0.1, 0.15) is 95.2 Å². The summed E-state index contributed by atoms with van der Waals surface area (Å²) in [6.07, 6.45) is 15.2. The van der Waals surface area contributed by atoms with Gasteiger partial charge in [0.25, 0.3) is 0 Å². The monoisotopic (exact) mass is 651 g/mol. The van der Waals surface area contributed by atoms with Gasteiger partial charge in [-0.25, -0.2) is 4.79 Å². The number of ether oxygens (including phenoxy) is 1. The topological polar surface area (TPSA) is 79.0 Å². The van der Waals surface area contributed by atoms with Crippen LogP contribution in [0.3, 0.4) is 0 Å². The molecule has 46 heavy (non-hydrogen) atoms. The van der Waals surface area contributed by atoms with Gasteiger partial charge in [-0.2, -0.15) is 0 Å². The van der Waals surface area contributed by atoms with Crippen molar-refractivity contribution < 1.29 is 19.1 Å². The zero-order valence-electron chi connectivity index (χ0n) is 28.4. The average Bonchev–Trinajstić information content (AvgIpc) is 3.32. The first-order valence-corrected chi connectivity index (χ1v) is 17.6. The molecule has 2 aromatic carbocycles. The van der Waals surface area contributed by atoms with Crippen LogP contribution >= 0.6 is 11.6 Å². The molecule has 0 aromatic heterocycles. The van der Waals surface area contributed by atoms with E-state index in [2.05, 4.69) is 36.5 Å². The van der Waals surface area contributed by atoms with E-state index in [-0.39, 0.29) is 17.5 Å². The number of amides is 3. The number of nitrogens with zero attached hydrogens (tertiary/aromatic N) is 2. The van der Waals surface area contributed by atoms with Gasteiger partial charge in [0.2, 0.25) is 12.3 Å². The maximum atomic E-state index is 13.0. The fourth-order valence-electron chi connectivity index (χ4n) is 7.18. The number of carbonyl (C=O) groups is 3. The number of likely N-dealkylation sites (N-methyl/N-ethyl adjacent to an activating group) is 1. The minimum absolute atomic E-state index is 0.0303. The maximum Gasteiger partial charge on any atom is 0.410 e. The van der Waals surface area contributed by atoms with Gasteiger partial charge in [-0.15, -0.1) is 0 Å². The number of benzene rings is 2. The van der Waals surface area contributed by atoms with Gasteiger partial charge in [0, 0.05) is 31.6 Å². The number of hydrogen-bond acceptors (Lipinski definition) is 4. The first-order valence-electron chi connectivity index (χ1n) is 17.2. The van der Waals surface area contributed by atoms with Crippen molar-refractivity contribution in [1.29, 1.82) is 0 Å². The summed E-state index contributed by atoms with van der Waals surface area (Å²) in [4.78, 5) is 38.3. The highest BCUT2D eigenvalue weighted by Gasteiger charge is 2.40. The van der Waals surface area contributed by atoms with Crippen molar-refractivity contribution in [3.63, 3.8) is 0 Å². The van der Waals surface area contributed by atoms with Crippen LogP contribution in [-0.2, 0) is 33.6 Å². The van der Waals surface area contributed by atoms with Crippen molar-refractivity contribution in [2.75, 3.05) is 26.7 Å². The van der Waals surface area contributed by atoms with E-state index in [4.69, 9.17) is 16.3 Å². The normalized spacial score (nSPS) is 20.9. The molecule has 7 nitrogen and oxygen atoms in total. The molecule has 4 aliphatic rings. The average molecular weight is 652 g/mol. The lowest BCUT2D eigenvalue weighted by Crippen LogP contribution is -2.52. The summed E-state index contributed by atoms with van der Waals surface area (Å²) >= 11 is 5.94. The van der Waals surface area contributed by atoms with E-state index < -0.39 is 6.04 Å². The van der Waals surface area contributed by atoms with Crippen LogP contribution < -0.4 is 5.32 Å². The Hall–Kier alpha value is -3.06. The SMILES string of the molecule is CC1(C2CCCCC2)CCN(C(=O)C(Cc2ccc(Cl)cc2)NC=O)CC1.CN1C(=O)OCC1(C)C.c1ccc2c(c1)CCCC2. The van der Waals surface area contributed by atoms with Crippen molar-refractivity contribution in [2.24, 2.45) is 11.3 Å². The molecular weight excluding hydrogens is 598 g/mol. The molecule has 2 saturated heterocycles. The number of piperidine rings is 1. The number of likely N-dealkylation sites (tertiary alicyclic amines) is 1. The van der Waals surface area contributed by atoms with Crippen LogP contribution in [0.25, 0.3) is 0 Å². The summed E-state index contributed by atoms with van der Waals surface area (Å²) in [6.45, 7) is 8.45. The lowest BCUT2D eigenvalue weighted by Gasteiger charge is -2.46. The lowest BCUT2D eigenvalue weighted by molar-refractivity contribution is -0.137. The Kier molecular flexibility index (Phi) is 13.0. The number of cyclic esters (lactones) is 1. The molecule has 2 aliphatic heterocycles. The quantitative estimate of drug-likeness (QED) is 0.326. The molecule has 3 fully saturated rings. The maximum absolute atomic E-state index is 13.0. The van der Waals surface area contributed by atoms with Crippen molar-refractivity contribution in [2.45, 2.75) is 109 Å². The van der Waals surface area contributed by atoms with Gasteiger partial charge in [-0.05, 0) is 105 Å². The van der Waals surface area contributed by atoms with E-state index in [1.807, 2.05) is 43.0 Å². The summed E-state index contributed by atoms with van der Waals surface area (Å²) in [5, 5.41) is 3.39. The molecule has 1 atom stereocenters. The number of nitrogens with one attached hydrogen (secondary N) is 1. The minimum atomic E-state index is -0.511. The third-order valence-corrected chi connectivity index (χ3v) is 11.0. The Labute approximate surface area is 281 Å². The molecule has 2 heterocycles. The van der Waals surface area contributed by atoms with Gasteiger partial charge in [0.15, 0.2) is 0 Å². The molecule has 1 N–H and O–H groups in total. The predicted molar refractivity (Wildman–Crippen MR) is 185 cm³/mol. The second kappa shape index (κ2) is 16.7. The largest absolute Gasteiger partial charge is 0.447 e.